The molecule has 2 aromatic rings. The summed E-state index contributed by atoms with van der Waals surface area (Å²) in [4.78, 5) is 5.25. The lowest BCUT2D eigenvalue weighted by molar-refractivity contribution is 0.201. The minimum Gasteiger partial charge on any atom is -0.512 e. The molecule has 1 aromatic heterocycles. The van der Waals surface area contributed by atoms with E-state index >= 15 is 0 Å². The molecule has 1 N–H and O–H groups in total. The zero-order valence-corrected chi connectivity index (χ0v) is 14.4. The van der Waals surface area contributed by atoms with Crippen LogP contribution in [0.15, 0.2) is 76.9 Å². The zero-order valence-electron chi connectivity index (χ0n) is 13.6. The van der Waals surface area contributed by atoms with Crippen molar-refractivity contribution in [2.75, 3.05) is 0 Å². The zero-order chi connectivity index (χ0) is 16.8. The highest BCUT2D eigenvalue weighted by Gasteiger charge is 2.12. The topological polar surface area (TPSA) is 42.4 Å². The number of thioether (sulfide) groups is 1. The molecule has 3 nitrogen and oxygen atoms in total. The summed E-state index contributed by atoms with van der Waals surface area (Å²) in [6.45, 7) is 2.38. The molecule has 1 radical (unpaired) electrons. The molecule has 24 heavy (non-hydrogen) atoms. The molecule has 4 heteroatoms. The van der Waals surface area contributed by atoms with Crippen molar-refractivity contribution in [3.8, 4) is 0 Å². The Bertz CT molecular complexity index is 736. The maximum Gasteiger partial charge on any atom is 0.122 e. The SMILES string of the molecule is CC1=C(O)[CH]CC=C1OCc1ccc(CSc2ccncc2)cc1. The molecule has 1 aliphatic rings. The summed E-state index contributed by atoms with van der Waals surface area (Å²) in [5, 5.41) is 9.73. The van der Waals surface area contributed by atoms with Crippen LogP contribution in [0.2, 0.25) is 0 Å². The van der Waals surface area contributed by atoms with Gasteiger partial charge in [0.1, 0.15) is 18.1 Å². The molecule has 1 heterocycles. The van der Waals surface area contributed by atoms with E-state index in [1.54, 1.807) is 18.2 Å². The Hall–Kier alpha value is -2.20. The van der Waals surface area contributed by atoms with Gasteiger partial charge in [-0.2, -0.15) is 0 Å². The van der Waals surface area contributed by atoms with Gasteiger partial charge in [-0.05, 0) is 42.7 Å². The predicted octanol–water partition coefficient (Wildman–Crippen LogP) is 5.21. The van der Waals surface area contributed by atoms with Crippen LogP contribution in [0, 0.1) is 6.42 Å². The first kappa shape index (κ1) is 16.7. The largest absolute Gasteiger partial charge is 0.512 e. The lowest BCUT2D eigenvalue weighted by Gasteiger charge is -2.16. The summed E-state index contributed by atoms with van der Waals surface area (Å²) in [7, 11) is 0. The molecule has 0 amide bonds. The van der Waals surface area contributed by atoms with Crippen molar-refractivity contribution in [3.63, 3.8) is 0 Å². The van der Waals surface area contributed by atoms with Gasteiger partial charge in [0.15, 0.2) is 0 Å². The number of aliphatic hydroxyl groups excluding tert-OH is 1. The average Bonchev–Trinajstić information content (AvgIpc) is 2.63. The minimum absolute atomic E-state index is 0.316. The van der Waals surface area contributed by atoms with E-state index in [0.717, 1.165) is 22.6 Å². The molecular formula is C20H20NO2S. The highest BCUT2D eigenvalue weighted by atomic mass is 32.2. The van der Waals surface area contributed by atoms with E-state index in [4.69, 9.17) is 4.74 Å². The maximum absolute atomic E-state index is 9.73. The van der Waals surface area contributed by atoms with Gasteiger partial charge < -0.3 is 9.84 Å². The molecule has 0 fully saturated rings. The third kappa shape index (κ3) is 4.42. The second kappa shape index (κ2) is 8.06. The minimum atomic E-state index is 0.316. The number of rotatable bonds is 6. The van der Waals surface area contributed by atoms with E-state index in [-0.39, 0.29) is 0 Å². The highest BCUT2D eigenvalue weighted by molar-refractivity contribution is 7.98. The molecule has 0 atom stereocenters. The van der Waals surface area contributed by atoms with Crippen molar-refractivity contribution in [1.29, 1.82) is 0 Å². The summed E-state index contributed by atoms with van der Waals surface area (Å²) >= 11 is 1.80. The quantitative estimate of drug-likeness (QED) is 0.734. The van der Waals surface area contributed by atoms with Gasteiger partial charge in [0.2, 0.25) is 0 Å². The second-order valence-electron chi connectivity index (χ2n) is 5.60. The number of hydrogen-bond acceptors (Lipinski definition) is 4. The van der Waals surface area contributed by atoms with Crippen molar-refractivity contribution in [1.82, 2.24) is 4.98 Å². The monoisotopic (exact) mass is 338 g/mol. The van der Waals surface area contributed by atoms with Crippen molar-refractivity contribution in [3.05, 3.63) is 89.5 Å². The van der Waals surface area contributed by atoms with Crippen molar-refractivity contribution in [2.45, 2.75) is 30.6 Å². The molecule has 0 spiro atoms. The Labute approximate surface area is 147 Å². The van der Waals surface area contributed by atoms with Crippen molar-refractivity contribution in [2.24, 2.45) is 0 Å². The van der Waals surface area contributed by atoms with Crippen LogP contribution >= 0.6 is 11.8 Å². The Balaban J connectivity index is 1.52. The lowest BCUT2D eigenvalue weighted by Crippen LogP contribution is -2.03. The molecule has 0 bridgehead atoms. The Morgan fingerprint density at radius 1 is 1.08 bits per heavy atom. The van der Waals surface area contributed by atoms with E-state index in [1.807, 2.05) is 37.5 Å². The molecule has 3 rings (SSSR count). The number of aliphatic hydroxyl groups is 1. The molecule has 1 aliphatic carbocycles. The fourth-order valence-electron chi connectivity index (χ4n) is 2.37. The van der Waals surface area contributed by atoms with Crippen LogP contribution in [-0.2, 0) is 17.1 Å². The molecule has 0 saturated carbocycles. The summed E-state index contributed by atoms with van der Waals surface area (Å²) in [6.07, 6.45) is 8.12. The third-order valence-electron chi connectivity index (χ3n) is 3.84. The van der Waals surface area contributed by atoms with Crippen molar-refractivity contribution >= 4 is 11.8 Å². The summed E-state index contributed by atoms with van der Waals surface area (Å²) < 4.78 is 5.83. The number of hydrogen-bond donors (Lipinski definition) is 1. The number of ether oxygens (including phenoxy) is 1. The maximum atomic E-state index is 9.73. The first-order valence-electron chi connectivity index (χ1n) is 7.89. The lowest BCUT2D eigenvalue weighted by atomic mass is 10.0. The van der Waals surface area contributed by atoms with E-state index in [2.05, 4.69) is 29.2 Å². The first-order chi connectivity index (χ1) is 11.7. The second-order valence-corrected chi connectivity index (χ2v) is 6.64. The van der Waals surface area contributed by atoms with Crippen LogP contribution in [0.1, 0.15) is 24.5 Å². The van der Waals surface area contributed by atoms with Gasteiger partial charge in [-0.1, -0.05) is 24.3 Å². The molecule has 0 saturated heterocycles. The van der Waals surface area contributed by atoms with Gasteiger partial charge in [-0.3, -0.25) is 4.98 Å². The van der Waals surface area contributed by atoms with Crippen LogP contribution in [-0.4, -0.2) is 10.1 Å². The Morgan fingerprint density at radius 2 is 1.79 bits per heavy atom. The molecular weight excluding hydrogens is 318 g/mol. The Kier molecular flexibility index (Phi) is 5.59. The van der Waals surface area contributed by atoms with Gasteiger partial charge >= 0.3 is 0 Å². The van der Waals surface area contributed by atoms with E-state index in [9.17, 15) is 5.11 Å². The average molecular weight is 338 g/mol. The van der Waals surface area contributed by atoms with Crippen LogP contribution < -0.4 is 0 Å². The van der Waals surface area contributed by atoms with Crippen LogP contribution in [0.4, 0.5) is 0 Å². The number of allylic oxidation sites excluding steroid dienone is 3. The van der Waals surface area contributed by atoms with Gasteiger partial charge in [0, 0.05) is 35.0 Å². The molecule has 0 aliphatic heterocycles. The fourth-order valence-corrected chi connectivity index (χ4v) is 3.21. The van der Waals surface area contributed by atoms with Crippen LogP contribution in [0.3, 0.4) is 0 Å². The number of pyridine rings is 1. The van der Waals surface area contributed by atoms with E-state index < -0.39 is 0 Å². The number of nitrogens with zero attached hydrogens (tertiary/aromatic N) is 1. The van der Waals surface area contributed by atoms with Crippen LogP contribution in [0.5, 0.6) is 0 Å². The number of benzene rings is 1. The smallest absolute Gasteiger partial charge is 0.122 e. The van der Waals surface area contributed by atoms with Crippen LogP contribution in [0.25, 0.3) is 0 Å². The van der Waals surface area contributed by atoms with Gasteiger partial charge in [-0.25, -0.2) is 0 Å². The predicted molar refractivity (Wildman–Crippen MR) is 97.4 cm³/mol. The van der Waals surface area contributed by atoms with Gasteiger partial charge in [-0.15, -0.1) is 11.8 Å². The van der Waals surface area contributed by atoms with Gasteiger partial charge in [0.25, 0.3) is 0 Å². The fraction of sp³-hybridized carbons (Fsp3) is 0.200. The first-order valence-corrected chi connectivity index (χ1v) is 8.88. The van der Waals surface area contributed by atoms with Gasteiger partial charge in [0.05, 0.1) is 0 Å². The molecule has 123 valence electrons. The summed E-state index contributed by atoms with van der Waals surface area (Å²) in [6, 6.07) is 12.5. The third-order valence-corrected chi connectivity index (χ3v) is 4.92. The highest BCUT2D eigenvalue weighted by Crippen LogP contribution is 2.25. The van der Waals surface area contributed by atoms with Crippen molar-refractivity contribution < 1.29 is 9.84 Å². The van der Waals surface area contributed by atoms with E-state index in [1.165, 1.54) is 10.5 Å². The molecule has 1 aromatic carbocycles. The Morgan fingerprint density at radius 3 is 2.54 bits per heavy atom. The van der Waals surface area contributed by atoms with E-state index in [0.29, 0.717) is 18.8 Å². The summed E-state index contributed by atoms with van der Waals surface area (Å²) in [5.74, 6) is 2.02. The standard InChI is InChI=1S/C20H20NO2S/c1-15-19(22)3-2-4-20(15)23-13-16-5-7-17(8-6-16)14-24-18-9-11-21-12-10-18/h3-12,22H,2,13-14H2,1H3. The normalized spacial score (nSPS) is 14.5. The number of aromatic nitrogens is 1. The molecule has 0 unspecified atom stereocenters. The summed E-state index contributed by atoms with van der Waals surface area (Å²) in [5.41, 5.74) is 3.20.